The Kier molecular flexibility index (Phi) is 5.90. The van der Waals surface area contributed by atoms with Crippen molar-refractivity contribution in [3.8, 4) is 0 Å². The van der Waals surface area contributed by atoms with Crippen LogP contribution in [0, 0.1) is 0 Å². The molecule has 0 spiro atoms. The molecule has 0 radical (unpaired) electrons. The van der Waals surface area contributed by atoms with Gasteiger partial charge >= 0.3 is 0 Å². The van der Waals surface area contributed by atoms with E-state index in [0.29, 0.717) is 11.4 Å². The van der Waals surface area contributed by atoms with E-state index in [2.05, 4.69) is 4.40 Å². The van der Waals surface area contributed by atoms with Gasteiger partial charge in [0.1, 0.15) is 0 Å². The van der Waals surface area contributed by atoms with Gasteiger partial charge in [-0.25, -0.2) is 0 Å². The van der Waals surface area contributed by atoms with Gasteiger partial charge in [-0.2, -0.15) is 8.42 Å². The molecule has 1 saturated heterocycles. The first kappa shape index (κ1) is 20.2. The summed E-state index contributed by atoms with van der Waals surface area (Å²) in [6.45, 7) is 2.13. The Morgan fingerprint density at radius 1 is 1.07 bits per heavy atom. The minimum atomic E-state index is -3.88. The lowest BCUT2D eigenvalue weighted by atomic mass is 10.2. The van der Waals surface area contributed by atoms with Crippen LogP contribution in [0.15, 0.2) is 68.8 Å². The number of carbonyl (C=O) groups is 1. The van der Waals surface area contributed by atoms with Crippen molar-refractivity contribution in [3.63, 3.8) is 0 Å². The van der Waals surface area contributed by atoms with E-state index >= 15 is 0 Å². The zero-order valence-corrected chi connectivity index (χ0v) is 17.5. The maximum absolute atomic E-state index is 12.7. The second-order valence-electron chi connectivity index (χ2n) is 6.31. The molecule has 1 amide bonds. The van der Waals surface area contributed by atoms with Gasteiger partial charge in [-0.15, -0.1) is 4.40 Å². The molecule has 6 nitrogen and oxygen atoms in total. The number of likely N-dealkylation sites (N-methyl/N-ethyl adjacent to an activating group) is 1. The van der Waals surface area contributed by atoms with Gasteiger partial charge in [-0.1, -0.05) is 30.3 Å². The monoisotopic (exact) mass is 415 g/mol. The van der Waals surface area contributed by atoms with E-state index in [1.54, 1.807) is 31.2 Å². The first-order valence-corrected chi connectivity index (χ1v) is 11.0. The first-order chi connectivity index (χ1) is 13.3. The third kappa shape index (κ3) is 4.28. The molecular formula is C20H21N3O3S2. The highest BCUT2D eigenvalue weighted by Gasteiger charge is 2.33. The fraction of sp³-hybridized carbons (Fsp3) is 0.200. The first-order valence-electron chi connectivity index (χ1n) is 8.70. The summed E-state index contributed by atoms with van der Waals surface area (Å²) in [4.78, 5) is 16.6. The lowest BCUT2D eigenvalue weighted by molar-refractivity contribution is -0.122. The SMILES string of the molecule is CCN1C(=O)C(=Cc2ccc(N(C)C)cc2)SC1=NS(=O)(=O)c1ccccc1. The summed E-state index contributed by atoms with van der Waals surface area (Å²) in [5.74, 6) is -0.244. The summed E-state index contributed by atoms with van der Waals surface area (Å²) in [6.07, 6.45) is 1.76. The van der Waals surface area contributed by atoms with E-state index in [0.717, 1.165) is 23.0 Å². The smallest absolute Gasteiger partial charge is 0.284 e. The van der Waals surface area contributed by atoms with Crippen LogP contribution in [0.25, 0.3) is 6.08 Å². The summed E-state index contributed by atoms with van der Waals surface area (Å²) in [7, 11) is 0.0333. The molecule has 0 atom stereocenters. The topological polar surface area (TPSA) is 70.1 Å². The van der Waals surface area contributed by atoms with E-state index in [1.165, 1.54) is 17.0 Å². The van der Waals surface area contributed by atoms with E-state index in [1.807, 2.05) is 43.3 Å². The van der Waals surface area contributed by atoms with Gasteiger partial charge in [-0.3, -0.25) is 9.69 Å². The molecule has 0 aliphatic carbocycles. The Morgan fingerprint density at radius 3 is 2.29 bits per heavy atom. The second-order valence-corrected chi connectivity index (χ2v) is 8.92. The number of amides is 1. The predicted molar refractivity (Wildman–Crippen MR) is 115 cm³/mol. The second kappa shape index (κ2) is 8.20. The number of anilines is 1. The van der Waals surface area contributed by atoms with Crippen LogP contribution < -0.4 is 4.90 Å². The fourth-order valence-electron chi connectivity index (χ4n) is 2.62. The molecule has 146 valence electrons. The molecule has 2 aromatic carbocycles. The number of benzene rings is 2. The minimum Gasteiger partial charge on any atom is -0.378 e. The summed E-state index contributed by atoms with van der Waals surface area (Å²) >= 11 is 1.08. The van der Waals surface area contributed by atoms with Crippen LogP contribution in [-0.2, 0) is 14.8 Å². The molecule has 8 heteroatoms. The summed E-state index contributed by atoms with van der Waals surface area (Å²) in [6, 6.07) is 15.7. The van der Waals surface area contributed by atoms with Crippen molar-refractivity contribution < 1.29 is 13.2 Å². The highest BCUT2D eigenvalue weighted by Crippen LogP contribution is 2.33. The largest absolute Gasteiger partial charge is 0.378 e. The van der Waals surface area contributed by atoms with E-state index < -0.39 is 10.0 Å². The number of thioether (sulfide) groups is 1. The van der Waals surface area contributed by atoms with Gasteiger partial charge in [0.2, 0.25) is 0 Å². The number of carbonyl (C=O) groups excluding carboxylic acids is 1. The van der Waals surface area contributed by atoms with Crippen molar-refractivity contribution in [1.29, 1.82) is 0 Å². The molecule has 3 rings (SSSR count). The zero-order valence-electron chi connectivity index (χ0n) is 15.9. The molecule has 0 unspecified atom stereocenters. The lowest BCUT2D eigenvalue weighted by Crippen LogP contribution is -2.29. The third-order valence-electron chi connectivity index (χ3n) is 4.15. The van der Waals surface area contributed by atoms with E-state index in [-0.39, 0.29) is 16.0 Å². The molecule has 0 saturated carbocycles. The quantitative estimate of drug-likeness (QED) is 0.700. The van der Waals surface area contributed by atoms with Gasteiger partial charge in [-0.05, 0) is 54.6 Å². The van der Waals surface area contributed by atoms with Crippen LogP contribution in [-0.4, -0.2) is 45.0 Å². The van der Waals surface area contributed by atoms with Crippen molar-refractivity contribution in [2.24, 2.45) is 4.40 Å². The Hall–Kier alpha value is -2.58. The van der Waals surface area contributed by atoms with Gasteiger partial charge in [0.05, 0.1) is 9.80 Å². The summed E-state index contributed by atoms with van der Waals surface area (Å²) < 4.78 is 29.0. The van der Waals surface area contributed by atoms with Crippen LogP contribution in [0.1, 0.15) is 12.5 Å². The van der Waals surface area contributed by atoms with Crippen LogP contribution >= 0.6 is 11.8 Å². The summed E-state index contributed by atoms with van der Waals surface area (Å²) in [5, 5.41) is 0.174. The fourth-order valence-corrected chi connectivity index (χ4v) is 4.89. The normalized spacial score (nSPS) is 17.5. The highest BCUT2D eigenvalue weighted by atomic mass is 32.2. The molecule has 28 heavy (non-hydrogen) atoms. The molecule has 1 aliphatic rings. The van der Waals surface area contributed by atoms with Crippen molar-refractivity contribution in [2.75, 3.05) is 25.5 Å². The Labute approximate surface area is 169 Å². The van der Waals surface area contributed by atoms with Gasteiger partial charge in [0, 0.05) is 26.3 Å². The van der Waals surface area contributed by atoms with Crippen molar-refractivity contribution in [1.82, 2.24) is 4.90 Å². The van der Waals surface area contributed by atoms with Crippen LogP contribution in [0.4, 0.5) is 5.69 Å². The number of rotatable bonds is 5. The lowest BCUT2D eigenvalue weighted by Gasteiger charge is -2.12. The minimum absolute atomic E-state index is 0.100. The van der Waals surface area contributed by atoms with E-state index in [9.17, 15) is 13.2 Å². The van der Waals surface area contributed by atoms with Crippen molar-refractivity contribution in [3.05, 3.63) is 65.1 Å². The van der Waals surface area contributed by atoms with Gasteiger partial charge in [0.15, 0.2) is 5.17 Å². The van der Waals surface area contributed by atoms with Crippen LogP contribution in [0.5, 0.6) is 0 Å². The predicted octanol–water partition coefficient (Wildman–Crippen LogP) is 3.43. The molecule has 0 aromatic heterocycles. The number of amidine groups is 1. The van der Waals surface area contributed by atoms with Gasteiger partial charge < -0.3 is 4.90 Å². The third-order valence-corrected chi connectivity index (χ3v) is 6.55. The molecule has 2 aromatic rings. The highest BCUT2D eigenvalue weighted by molar-refractivity contribution is 8.19. The number of hydrogen-bond donors (Lipinski definition) is 0. The average Bonchev–Trinajstić information content (AvgIpc) is 2.96. The maximum Gasteiger partial charge on any atom is 0.284 e. The van der Waals surface area contributed by atoms with E-state index in [4.69, 9.17) is 0 Å². The number of sulfonamides is 1. The van der Waals surface area contributed by atoms with Crippen molar-refractivity contribution >= 4 is 44.6 Å². The van der Waals surface area contributed by atoms with Gasteiger partial charge in [0.25, 0.3) is 15.9 Å². The molecule has 1 heterocycles. The number of nitrogens with zero attached hydrogens (tertiary/aromatic N) is 3. The molecule has 0 N–H and O–H groups in total. The number of hydrogen-bond acceptors (Lipinski definition) is 5. The Morgan fingerprint density at radius 2 is 1.71 bits per heavy atom. The van der Waals surface area contributed by atoms with Crippen molar-refractivity contribution in [2.45, 2.75) is 11.8 Å². The summed E-state index contributed by atoms with van der Waals surface area (Å²) in [5.41, 5.74) is 1.92. The van der Waals surface area contributed by atoms with Crippen LogP contribution in [0.2, 0.25) is 0 Å². The Balaban J connectivity index is 1.92. The molecule has 0 bridgehead atoms. The zero-order chi connectivity index (χ0) is 20.3. The maximum atomic E-state index is 12.7. The molecule has 1 fully saturated rings. The average molecular weight is 416 g/mol. The molecular weight excluding hydrogens is 394 g/mol. The standard InChI is InChI=1S/C20H21N3O3S2/c1-4-23-19(24)18(14-15-10-12-16(13-11-15)22(2)3)27-20(23)21-28(25,26)17-8-6-5-7-9-17/h5-14H,4H2,1-3H3. The molecule has 1 aliphatic heterocycles. The van der Waals surface area contributed by atoms with Crippen LogP contribution in [0.3, 0.4) is 0 Å². The Bertz CT molecular complexity index is 1030.